The van der Waals surface area contributed by atoms with Crippen LogP contribution >= 0.6 is 0 Å². The third kappa shape index (κ3) is 4.10. The number of piperidine rings is 1. The zero-order valence-corrected chi connectivity index (χ0v) is 12.1. The van der Waals surface area contributed by atoms with Crippen molar-refractivity contribution in [3.63, 3.8) is 0 Å². The van der Waals surface area contributed by atoms with Gasteiger partial charge in [-0.2, -0.15) is 0 Å². The molecule has 1 fully saturated rings. The molecule has 1 N–H and O–H groups in total. The van der Waals surface area contributed by atoms with Crippen molar-refractivity contribution in [3.05, 3.63) is 12.0 Å². The van der Waals surface area contributed by atoms with E-state index >= 15 is 0 Å². The number of carbonyl (C=O) groups excluding carboxylic acids is 1. The Hall–Kier alpha value is -0.880. The van der Waals surface area contributed by atoms with Crippen molar-refractivity contribution in [3.8, 4) is 0 Å². The molecule has 104 valence electrons. The molecule has 0 bridgehead atoms. The van der Waals surface area contributed by atoms with Crippen LogP contribution in [0.25, 0.3) is 0 Å². The van der Waals surface area contributed by atoms with Crippen molar-refractivity contribution in [2.45, 2.75) is 39.7 Å². The van der Waals surface area contributed by atoms with Crippen molar-refractivity contribution in [2.24, 2.45) is 5.41 Å². The Balaban J connectivity index is 2.52. The van der Waals surface area contributed by atoms with E-state index in [1.54, 1.807) is 4.90 Å². The number of rotatable bonds is 3. The van der Waals surface area contributed by atoms with Crippen LogP contribution in [0.5, 0.6) is 0 Å². The van der Waals surface area contributed by atoms with E-state index in [2.05, 4.69) is 11.3 Å². The molecule has 6 heteroatoms. The number of nitrogens with one attached hydrogen (secondary N) is 1. The predicted molar refractivity (Wildman–Crippen MR) is 71.3 cm³/mol. The van der Waals surface area contributed by atoms with Gasteiger partial charge >= 0.3 is 0 Å². The second kappa shape index (κ2) is 5.40. The average molecular weight is 274 g/mol. The lowest BCUT2D eigenvalue weighted by atomic mass is 9.93. The summed E-state index contributed by atoms with van der Waals surface area (Å²) in [5.74, 6) is 0.118. The first-order valence-corrected chi connectivity index (χ1v) is 7.64. The van der Waals surface area contributed by atoms with Crippen molar-refractivity contribution in [1.29, 1.82) is 0 Å². The summed E-state index contributed by atoms with van der Waals surface area (Å²) >= 11 is 0. The lowest BCUT2D eigenvalue weighted by molar-refractivity contribution is -0.140. The van der Waals surface area contributed by atoms with Gasteiger partial charge in [0.05, 0.1) is 0 Å². The van der Waals surface area contributed by atoms with Gasteiger partial charge in [0.1, 0.15) is 0 Å². The first-order chi connectivity index (χ1) is 8.15. The number of hydrogen-bond donors (Lipinski definition) is 1. The van der Waals surface area contributed by atoms with Crippen LogP contribution in [0.1, 0.15) is 33.6 Å². The highest BCUT2D eigenvalue weighted by Crippen LogP contribution is 2.21. The standard InChI is InChI=1S/C12H22N2O3S/c1-5-18(16,17)13-10-6-8-14(9-7-10)11(15)12(2,3)4/h5,10,13H,1,6-9H2,2-4H3. The second-order valence-corrected chi connectivity index (χ2v) is 7.31. The van der Waals surface area contributed by atoms with E-state index in [-0.39, 0.29) is 17.4 Å². The van der Waals surface area contributed by atoms with Crippen LogP contribution in [0.2, 0.25) is 0 Å². The number of nitrogens with zero attached hydrogens (tertiary/aromatic N) is 1. The van der Waals surface area contributed by atoms with Gasteiger partial charge in [-0.25, -0.2) is 13.1 Å². The summed E-state index contributed by atoms with van der Waals surface area (Å²) in [7, 11) is -3.37. The van der Waals surface area contributed by atoms with Crippen molar-refractivity contribution in [1.82, 2.24) is 9.62 Å². The quantitative estimate of drug-likeness (QED) is 0.837. The molecule has 0 unspecified atom stereocenters. The minimum Gasteiger partial charge on any atom is -0.342 e. The highest BCUT2D eigenvalue weighted by atomic mass is 32.2. The Morgan fingerprint density at radius 1 is 1.33 bits per heavy atom. The number of amides is 1. The monoisotopic (exact) mass is 274 g/mol. The zero-order chi connectivity index (χ0) is 14.0. The molecular weight excluding hydrogens is 252 g/mol. The molecule has 0 aromatic carbocycles. The number of sulfonamides is 1. The van der Waals surface area contributed by atoms with Crippen LogP contribution in [0.15, 0.2) is 12.0 Å². The van der Waals surface area contributed by atoms with Crippen molar-refractivity contribution < 1.29 is 13.2 Å². The number of likely N-dealkylation sites (tertiary alicyclic amines) is 1. The van der Waals surface area contributed by atoms with Crippen LogP contribution < -0.4 is 4.72 Å². The van der Waals surface area contributed by atoms with Gasteiger partial charge in [-0.1, -0.05) is 27.4 Å². The van der Waals surface area contributed by atoms with Gasteiger partial charge in [-0.15, -0.1) is 0 Å². The summed E-state index contributed by atoms with van der Waals surface area (Å²) in [6.07, 6.45) is 1.30. The molecule has 18 heavy (non-hydrogen) atoms. The van der Waals surface area contributed by atoms with E-state index < -0.39 is 10.0 Å². The van der Waals surface area contributed by atoms with Crippen LogP contribution in [0.3, 0.4) is 0 Å². The topological polar surface area (TPSA) is 66.5 Å². The molecule has 1 rings (SSSR count). The molecule has 5 nitrogen and oxygen atoms in total. The first kappa shape index (κ1) is 15.2. The van der Waals surface area contributed by atoms with E-state index in [0.29, 0.717) is 25.9 Å². The largest absolute Gasteiger partial charge is 0.342 e. The summed E-state index contributed by atoms with van der Waals surface area (Å²) < 4.78 is 25.2. The molecule has 0 aromatic heterocycles. The van der Waals surface area contributed by atoms with Gasteiger partial charge in [0.15, 0.2) is 0 Å². The second-order valence-electron chi connectivity index (χ2n) is 5.65. The average Bonchev–Trinajstić information content (AvgIpc) is 2.27. The fourth-order valence-corrected chi connectivity index (χ4v) is 2.75. The van der Waals surface area contributed by atoms with E-state index in [1.807, 2.05) is 20.8 Å². The van der Waals surface area contributed by atoms with Crippen molar-refractivity contribution >= 4 is 15.9 Å². The van der Waals surface area contributed by atoms with Gasteiger partial charge in [0.25, 0.3) is 0 Å². The molecule has 0 aliphatic carbocycles. The molecule has 0 atom stereocenters. The number of hydrogen-bond acceptors (Lipinski definition) is 3. The highest BCUT2D eigenvalue weighted by molar-refractivity contribution is 7.92. The summed E-state index contributed by atoms with van der Waals surface area (Å²) in [5, 5.41) is 0.916. The molecule has 1 saturated heterocycles. The molecule has 1 aliphatic heterocycles. The summed E-state index contributed by atoms with van der Waals surface area (Å²) in [4.78, 5) is 13.8. The normalized spacial score (nSPS) is 18.7. The van der Waals surface area contributed by atoms with E-state index in [4.69, 9.17) is 0 Å². The molecule has 0 aromatic rings. The summed E-state index contributed by atoms with van der Waals surface area (Å²) in [6.45, 7) is 10.1. The molecule has 1 heterocycles. The van der Waals surface area contributed by atoms with Crippen LogP contribution in [0, 0.1) is 5.41 Å². The summed E-state index contributed by atoms with van der Waals surface area (Å²) in [5.41, 5.74) is -0.381. The van der Waals surface area contributed by atoms with E-state index in [0.717, 1.165) is 5.41 Å². The number of carbonyl (C=O) groups is 1. The van der Waals surface area contributed by atoms with Gasteiger partial charge in [-0.05, 0) is 12.8 Å². The van der Waals surface area contributed by atoms with Gasteiger partial charge in [-0.3, -0.25) is 4.79 Å². The molecule has 1 amide bonds. The van der Waals surface area contributed by atoms with Crippen LogP contribution in [-0.4, -0.2) is 38.4 Å². The third-order valence-electron chi connectivity index (χ3n) is 2.97. The third-order valence-corrected chi connectivity index (χ3v) is 4.07. The fourth-order valence-electron chi connectivity index (χ4n) is 1.96. The predicted octanol–water partition coefficient (Wildman–Crippen LogP) is 1.09. The Kier molecular flexibility index (Phi) is 4.55. The smallest absolute Gasteiger partial charge is 0.233 e. The molecule has 0 spiro atoms. The SMILES string of the molecule is C=CS(=O)(=O)NC1CCN(C(=O)C(C)(C)C)CC1. The van der Waals surface area contributed by atoms with Gasteiger partial charge < -0.3 is 4.90 Å². The lowest BCUT2D eigenvalue weighted by Crippen LogP contribution is -2.48. The lowest BCUT2D eigenvalue weighted by Gasteiger charge is -2.35. The highest BCUT2D eigenvalue weighted by Gasteiger charge is 2.30. The zero-order valence-electron chi connectivity index (χ0n) is 11.3. The maximum absolute atomic E-state index is 12.0. The Morgan fingerprint density at radius 3 is 2.22 bits per heavy atom. The Labute approximate surface area is 109 Å². The molecule has 1 aliphatic rings. The van der Waals surface area contributed by atoms with Crippen LogP contribution in [-0.2, 0) is 14.8 Å². The Morgan fingerprint density at radius 2 is 1.83 bits per heavy atom. The van der Waals surface area contributed by atoms with Gasteiger partial charge in [0.2, 0.25) is 15.9 Å². The molecule has 0 radical (unpaired) electrons. The van der Waals surface area contributed by atoms with E-state index in [1.165, 1.54) is 0 Å². The minimum absolute atomic E-state index is 0.1000. The molecule has 0 saturated carbocycles. The first-order valence-electron chi connectivity index (χ1n) is 6.10. The fraction of sp³-hybridized carbons (Fsp3) is 0.750. The minimum atomic E-state index is -3.37. The molecular formula is C12H22N2O3S. The van der Waals surface area contributed by atoms with Gasteiger partial charge in [0, 0.05) is 30.0 Å². The van der Waals surface area contributed by atoms with Crippen LogP contribution in [0.4, 0.5) is 0 Å². The Bertz CT molecular complexity index is 415. The maximum atomic E-state index is 12.0. The van der Waals surface area contributed by atoms with E-state index in [9.17, 15) is 13.2 Å². The van der Waals surface area contributed by atoms with Crippen molar-refractivity contribution in [2.75, 3.05) is 13.1 Å². The maximum Gasteiger partial charge on any atom is 0.233 e. The summed E-state index contributed by atoms with van der Waals surface area (Å²) in [6, 6.07) is -0.1000.